The number of carbonyl (C=O) groups is 3. The molecular weight excluding hydrogens is 424 g/mol. The van der Waals surface area contributed by atoms with Crippen molar-refractivity contribution in [2.24, 2.45) is 5.10 Å². The molecule has 2 aliphatic heterocycles. The Morgan fingerprint density at radius 3 is 2.38 bits per heavy atom. The van der Waals surface area contributed by atoms with E-state index in [1.54, 1.807) is 17.1 Å². The number of nitrogens with one attached hydrogen (secondary N) is 1. The predicted molar refractivity (Wildman–Crippen MR) is 128 cm³/mol. The summed E-state index contributed by atoms with van der Waals surface area (Å²) in [6.45, 7) is 3.13. The number of hydrogen-bond donors (Lipinski definition) is 1. The molecule has 2 aromatic rings. The second kappa shape index (κ2) is 9.99. The van der Waals surface area contributed by atoms with Crippen molar-refractivity contribution in [3.8, 4) is 0 Å². The summed E-state index contributed by atoms with van der Waals surface area (Å²) in [4.78, 5) is 39.3. The van der Waals surface area contributed by atoms with E-state index in [1.807, 2.05) is 59.1 Å². The number of ketones is 1. The Hall–Kier alpha value is -3.13. The van der Waals surface area contributed by atoms with Crippen molar-refractivity contribution in [3.63, 3.8) is 0 Å². The second-order valence-corrected chi connectivity index (χ2v) is 9.10. The zero-order valence-electron chi connectivity index (χ0n) is 18.0. The van der Waals surface area contributed by atoms with Gasteiger partial charge in [-0.2, -0.15) is 16.9 Å². The fourth-order valence-electron chi connectivity index (χ4n) is 3.79. The number of thioether (sulfide) groups is 1. The van der Waals surface area contributed by atoms with Crippen molar-refractivity contribution in [3.05, 3.63) is 60.2 Å². The summed E-state index contributed by atoms with van der Waals surface area (Å²) in [5, 5.41) is 8.90. The van der Waals surface area contributed by atoms with E-state index in [2.05, 4.69) is 10.4 Å². The second-order valence-electron chi connectivity index (χ2n) is 7.88. The van der Waals surface area contributed by atoms with Gasteiger partial charge in [0.15, 0.2) is 5.78 Å². The van der Waals surface area contributed by atoms with Gasteiger partial charge in [-0.1, -0.05) is 30.3 Å². The smallest absolute Gasteiger partial charge is 0.271 e. The first-order chi connectivity index (χ1) is 15.5. The van der Waals surface area contributed by atoms with E-state index in [-0.39, 0.29) is 24.0 Å². The molecule has 4 rings (SSSR count). The van der Waals surface area contributed by atoms with Crippen LogP contribution in [0, 0.1) is 0 Å². The monoisotopic (exact) mass is 450 g/mol. The van der Waals surface area contributed by atoms with Crippen LogP contribution in [0.25, 0.3) is 0 Å². The number of amides is 2. The molecule has 0 aromatic heterocycles. The number of hydrogen-bond acceptors (Lipinski definition) is 6. The van der Waals surface area contributed by atoms with Gasteiger partial charge in [0.2, 0.25) is 5.91 Å². The van der Waals surface area contributed by atoms with Gasteiger partial charge < -0.3 is 10.2 Å². The normalized spacial score (nSPS) is 18.3. The lowest BCUT2D eigenvalue weighted by molar-refractivity contribution is -0.130. The zero-order valence-corrected chi connectivity index (χ0v) is 18.8. The number of hydrazone groups is 1. The van der Waals surface area contributed by atoms with Gasteiger partial charge in [0, 0.05) is 36.7 Å². The number of para-hydroxylation sites is 1. The van der Waals surface area contributed by atoms with Crippen LogP contribution in [0.4, 0.5) is 11.4 Å². The van der Waals surface area contributed by atoms with E-state index in [9.17, 15) is 14.4 Å². The van der Waals surface area contributed by atoms with Crippen LogP contribution >= 0.6 is 11.8 Å². The molecule has 2 aliphatic rings. The maximum absolute atomic E-state index is 12.8. The molecule has 2 amide bonds. The van der Waals surface area contributed by atoms with E-state index in [0.29, 0.717) is 17.8 Å². The van der Waals surface area contributed by atoms with Crippen LogP contribution in [0.1, 0.15) is 18.9 Å². The van der Waals surface area contributed by atoms with E-state index in [4.69, 9.17) is 0 Å². The molecule has 32 heavy (non-hydrogen) atoms. The maximum Gasteiger partial charge on any atom is 0.271 e. The molecule has 8 heteroatoms. The highest BCUT2D eigenvalue weighted by Crippen LogP contribution is 2.25. The highest BCUT2D eigenvalue weighted by molar-refractivity contribution is 7.99. The summed E-state index contributed by atoms with van der Waals surface area (Å²) < 4.78 is 0. The van der Waals surface area contributed by atoms with Crippen molar-refractivity contribution in [1.29, 1.82) is 0 Å². The fourth-order valence-corrected chi connectivity index (χ4v) is 4.69. The third kappa shape index (κ3) is 5.19. The van der Waals surface area contributed by atoms with Crippen LogP contribution < -0.4 is 10.3 Å². The first kappa shape index (κ1) is 22.1. The molecule has 1 saturated heterocycles. The summed E-state index contributed by atoms with van der Waals surface area (Å²) in [5.41, 5.74) is 2.63. The van der Waals surface area contributed by atoms with E-state index in [1.165, 1.54) is 6.92 Å². The highest BCUT2D eigenvalue weighted by atomic mass is 32.2. The van der Waals surface area contributed by atoms with Crippen LogP contribution in [0.5, 0.6) is 0 Å². The Kier molecular flexibility index (Phi) is 6.90. The Morgan fingerprint density at radius 1 is 1.03 bits per heavy atom. The van der Waals surface area contributed by atoms with Crippen LogP contribution in [0.15, 0.2) is 59.7 Å². The quantitative estimate of drug-likeness (QED) is 0.732. The Bertz CT molecular complexity index is 1020. The molecule has 0 bridgehead atoms. The summed E-state index contributed by atoms with van der Waals surface area (Å²) in [6.07, 6.45) is 0.620. The summed E-state index contributed by atoms with van der Waals surface area (Å²) >= 11 is 1.88. The van der Waals surface area contributed by atoms with Gasteiger partial charge in [-0.3, -0.25) is 19.4 Å². The third-order valence-corrected chi connectivity index (χ3v) is 6.54. The minimum absolute atomic E-state index is 0.0401. The van der Waals surface area contributed by atoms with Gasteiger partial charge in [0.1, 0.15) is 11.8 Å². The van der Waals surface area contributed by atoms with E-state index >= 15 is 0 Å². The molecule has 0 aliphatic carbocycles. The number of rotatable bonds is 6. The lowest BCUT2D eigenvalue weighted by Crippen LogP contribution is -2.38. The average molecular weight is 451 g/mol. The first-order valence-electron chi connectivity index (χ1n) is 10.7. The molecule has 166 valence electrons. The van der Waals surface area contributed by atoms with Gasteiger partial charge in [0.05, 0.1) is 12.1 Å². The summed E-state index contributed by atoms with van der Waals surface area (Å²) in [7, 11) is 0. The number of nitrogens with zero attached hydrogens (tertiary/aromatic N) is 3. The Balaban J connectivity index is 1.39. The number of carbonyl (C=O) groups excluding carboxylic acids is 3. The van der Waals surface area contributed by atoms with Gasteiger partial charge in [-0.25, -0.2) is 0 Å². The van der Waals surface area contributed by atoms with Gasteiger partial charge in [-0.05, 0) is 36.8 Å². The number of Topliss-reactive ketones (excluding diaryl/α,β-unsaturated/α-hetero) is 1. The lowest BCUT2D eigenvalue weighted by Gasteiger charge is -2.26. The predicted octanol–water partition coefficient (Wildman–Crippen LogP) is 2.97. The van der Waals surface area contributed by atoms with Crippen molar-refractivity contribution in [2.45, 2.75) is 25.8 Å². The van der Waals surface area contributed by atoms with E-state index < -0.39 is 6.04 Å². The van der Waals surface area contributed by atoms with Crippen molar-refractivity contribution in [1.82, 2.24) is 4.90 Å². The molecule has 1 atom stereocenters. The van der Waals surface area contributed by atoms with Crippen molar-refractivity contribution in [2.75, 3.05) is 34.9 Å². The molecule has 1 unspecified atom stereocenters. The molecule has 0 radical (unpaired) electrons. The molecule has 2 aromatic carbocycles. The summed E-state index contributed by atoms with van der Waals surface area (Å²) in [5.74, 6) is 1.75. The highest BCUT2D eigenvalue weighted by Gasteiger charge is 2.34. The SMILES string of the molecule is CC(=O)C1CC(C(=O)Nc2ccc(CC(=O)N3CCSCC3)cc2)=NN1c1ccccc1. The van der Waals surface area contributed by atoms with Crippen LogP contribution in [-0.2, 0) is 20.8 Å². The fraction of sp³-hybridized carbons (Fsp3) is 0.333. The zero-order chi connectivity index (χ0) is 22.5. The first-order valence-corrected chi connectivity index (χ1v) is 11.8. The Labute approximate surface area is 191 Å². The van der Waals surface area contributed by atoms with Gasteiger partial charge in [-0.15, -0.1) is 0 Å². The maximum atomic E-state index is 12.8. The number of benzene rings is 2. The third-order valence-electron chi connectivity index (χ3n) is 5.59. The molecule has 7 nitrogen and oxygen atoms in total. The van der Waals surface area contributed by atoms with Gasteiger partial charge >= 0.3 is 0 Å². The summed E-state index contributed by atoms with van der Waals surface area (Å²) in [6, 6.07) is 16.2. The number of anilines is 2. The van der Waals surface area contributed by atoms with E-state index in [0.717, 1.165) is 35.8 Å². The molecule has 0 saturated carbocycles. The van der Waals surface area contributed by atoms with Crippen molar-refractivity contribution >= 4 is 46.4 Å². The van der Waals surface area contributed by atoms with Gasteiger partial charge in [0.25, 0.3) is 5.91 Å². The topological polar surface area (TPSA) is 82.1 Å². The minimum Gasteiger partial charge on any atom is -0.341 e. The van der Waals surface area contributed by atoms with Crippen LogP contribution in [-0.4, -0.2) is 58.8 Å². The van der Waals surface area contributed by atoms with Crippen LogP contribution in [0.3, 0.4) is 0 Å². The largest absolute Gasteiger partial charge is 0.341 e. The molecule has 0 spiro atoms. The molecule has 2 heterocycles. The standard InChI is InChI=1S/C24H26N4O3S/c1-17(29)22-16-21(26-28(22)20-5-3-2-4-6-20)24(31)25-19-9-7-18(8-10-19)15-23(30)27-11-13-32-14-12-27/h2-10,22H,11-16H2,1H3,(H,25,31). The van der Waals surface area contributed by atoms with Crippen LogP contribution in [0.2, 0.25) is 0 Å². The molecule has 1 fully saturated rings. The molecular formula is C24H26N4O3S. The molecule has 1 N–H and O–H groups in total. The lowest BCUT2D eigenvalue weighted by atomic mass is 10.1. The Morgan fingerprint density at radius 2 is 1.72 bits per heavy atom. The average Bonchev–Trinajstić information content (AvgIpc) is 3.28. The minimum atomic E-state index is -0.486. The van der Waals surface area contributed by atoms with Crippen molar-refractivity contribution < 1.29 is 14.4 Å².